The summed E-state index contributed by atoms with van der Waals surface area (Å²) >= 11 is 0. The summed E-state index contributed by atoms with van der Waals surface area (Å²) in [7, 11) is -3.37. The van der Waals surface area contributed by atoms with Gasteiger partial charge in [0.1, 0.15) is 0 Å². The molecule has 0 saturated heterocycles. The first-order chi connectivity index (χ1) is 9.48. The highest BCUT2D eigenvalue weighted by atomic mass is 32.2. The van der Waals surface area contributed by atoms with Gasteiger partial charge in [-0.3, -0.25) is 0 Å². The third-order valence-electron chi connectivity index (χ3n) is 3.60. The molecule has 1 aliphatic carbocycles. The largest absolute Gasteiger partial charge is 0.399 e. The fourth-order valence-electron chi connectivity index (χ4n) is 2.26. The second-order valence-corrected chi connectivity index (χ2v) is 6.99. The van der Waals surface area contributed by atoms with Crippen molar-refractivity contribution < 1.29 is 8.42 Å². The van der Waals surface area contributed by atoms with E-state index < -0.39 is 10.2 Å². The third kappa shape index (κ3) is 3.31. The van der Waals surface area contributed by atoms with Crippen molar-refractivity contribution >= 4 is 15.9 Å². The minimum absolute atomic E-state index is 0.151. The lowest BCUT2D eigenvalue weighted by molar-refractivity contribution is 0.338. The van der Waals surface area contributed by atoms with Gasteiger partial charge in [-0.05, 0) is 30.5 Å². The summed E-state index contributed by atoms with van der Waals surface area (Å²) in [6.07, 6.45) is 1.91. The zero-order chi connectivity index (χ0) is 14.8. The molecule has 5 nitrogen and oxygen atoms in total. The maximum absolute atomic E-state index is 12.7. The monoisotopic (exact) mass is 297 g/mol. The number of nitrogens with two attached hydrogens (primary N) is 1. The van der Waals surface area contributed by atoms with E-state index in [4.69, 9.17) is 5.73 Å². The van der Waals surface area contributed by atoms with Crippen molar-refractivity contribution in [3.05, 3.63) is 29.8 Å². The molecule has 112 valence electrons. The van der Waals surface area contributed by atoms with Crippen LogP contribution in [0.4, 0.5) is 5.69 Å². The molecule has 1 aromatic rings. The quantitative estimate of drug-likeness (QED) is 0.781. The first-order valence-electron chi connectivity index (χ1n) is 7.10. The van der Waals surface area contributed by atoms with Crippen molar-refractivity contribution in [2.24, 2.45) is 0 Å². The first kappa shape index (κ1) is 15.3. The third-order valence-corrected chi connectivity index (χ3v) is 5.79. The van der Waals surface area contributed by atoms with Gasteiger partial charge in [-0.25, -0.2) is 0 Å². The maximum Gasteiger partial charge on any atom is 0.282 e. The molecule has 0 radical (unpaired) electrons. The second kappa shape index (κ2) is 6.11. The average Bonchev–Trinajstić information content (AvgIpc) is 3.23. The lowest BCUT2D eigenvalue weighted by atomic mass is 10.2. The Labute approximate surface area is 121 Å². The second-order valence-electron chi connectivity index (χ2n) is 5.11. The van der Waals surface area contributed by atoms with E-state index in [0.717, 1.165) is 18.4 Å². The minimum Gasteiger partial charge on any atom is -0.399 e. The van der Waals surface area contributed by atoms with Crippen LogP contribution in [0.15, 0.2) is 24.3 Å². The highest BCUT2D eigenvalue weighted by molar-refractivity contribution is 7.86. The summed E-state index contributed by atoms with van der Waals surface area (Å²) in [4.78, 5) is 0. The Bertz CT molecular complexity index is 534. The van der Waals surface area contributed by atoms with Crippen molar-refractivity contribution in [2.45, 2.75) is 39.3 Å². The maximum atomic E-state index is 12.7. The number of anilines is 1. The summed E-state index contributed by atoms with van der Waals surface area (Å²) in [5.41, 5.74) is 7.33. The van der Waals surface area contributed by atoms with E-state index in [-0.39, 0.29) is 6.04 Å². The van der Waals surface area contributed by atoms with E-state index in [2.05, 4.69) is 0 Å². The number of hydrogen-bond donors (Lipinski definition) is 1. The number of nitrogen functional groups attached to an aromatic ring is 1. The summed E-state index contributed by atoms with van der Waals surface area (Å²) in [5, 5.41) is 0. The zero-order valence-corrected chi connectivity index (χ0v) is 12.9. The Morgan fingerprint density at radius 2 is 1.70 bits per heavy atom. The van der Waals surface area contributed by atoms with Crippen LogP contribution in [-0.4, -0.2) is 36.2 Å². The van der Waals surface area contributed by atoms with E-state index in [1.54, 1.807) is 4.31 Å². The predicted octanol–water partition coefficient (Wildman–Crippen LogP) is 1.82. The molecule has 0 atom stereocenters. The molecule has 0 aliphatic heterocycles. The molecule has 1 aliphatic rings. The summed E-state index contributed by atoms with van der Waals surface area (Å²) < 4.78 is 28.5. The Kier molecular flexibility index (Phi) is 4.67. The summed E-state index contributed by atoms with van der Waals surface area (Å²) in [6.45, 7) is 5.17. The van der Waals surface area contributed by atoms with Crippen LogP contribution in [0.25, 0.3) is 0 Å². The molecule has 1 aromatic carbocycles. The van der Waals surface area contributed by atoms with Crippen LogP contribution in [0.3, 0.4) is 0 Å². The Morgan fingerprint density at radius 3 is 2.15 bits per heavy atom. The number of rotatable bonds is 7. The van der Waals surface area contributed by atoms with Crippen LogP contribution in [0, 0.1) is 0 Å². The fourth-order valence-corrected chi connectivity index (χ4v) is 4.11. The van der Waals surface area contributed by atoms with Gasteiger partial charge in [0.2, 0.25) is 0 Å². The van der Waals surface area contributed by atoms with E-state index in [0.29, 0.717) is 25.3 Å². The lowest BCUT2D eigenvalue weighted by Crippen LogP contribution is -2.44. The molecule has 2 N–H and O–H groups in total. The van der Waals surface area contributed by atoms with Gasteiger partial charge < -0.3 is 5.73 Å². The molecule has 0 unspecified atom stereocenters. The smallest absolute Gasteiger partial charge is 0.282 e. The van der Waals surface area contributed by atoms with Gasteiger partial charge in [-0.2, -0.15) is 17.0 Å². The summed E-state index contributed by atoms with van der Waals surface area (Å²) in [5.74, 6) is 0. The van der Waals surface area contributed by atoms with Gasteiger partial charge in [0, 0.05) is 31.4 Å². The van der Waals surface area contributed by atoms with E-state index >= 15 is 0 Å². The molecule has 6 heteroatoms. The molecular formula is C14H23N3O2S. The van der Waals surface area contributed by atoms with E-state index in [1.165, 1.54) is 4.31 Å². The van der Waals surface area contributed by atoms with Gasteiger partial charge in [-0.1, -0.05) is 26.0 Å². The van der Waals surface area contributed by atoms with Crippen molar-refractivity contribution in [1.29, 1.82) is 0 Å². The molecule has 0 spiro atoms. The first-order valence-corrected chi connectivity index (χ1v) is 8.50. The zero-order valence-electron chi connectivity index (χ0n) is 12.1. The van der Waals surface area contributed by atoms with Gasteiger partial charge in [-0.15, -0.1) is 0 Å². The van der Waals surface area contributed by atoms with Crippen LogP contribution in [0.5, 0.6) is 0 Å². The number of hydrogen-bond acceptors (Lipinski definition) is 3. The number of benzene rings is 1. The standard InChI is InChI=1S/C14H23N3O2S/c1-3-16(4-2)20(18,19)17(14-9-10-14)11-12-5-7-13(15)8-6-12/h5-8,14H,3-4,9-11,15H2,1-2H3. The van der Waals surface area contributed by atoms with E-state index in [1.807, 2.05) is 38.1 Å². The molecule has 20 heavy (non-hydrogen) atoms. The highest BCUT2D eigenvalue weighted by Crippen LogP contribution is 2.32. The Morgan fingerprint density at radius 1 is 1.15 bits per heavy atom. The van der Waals surface area contributed by atoms with Crippen LogP contribution < -0.4 is 5.73 Å². The van der Waals surface area contributed by atoms with Crippen LogP contribution >= 0.6 is 0 Å². The topological polar surface area (TPSA) is 66.6 Å². The van der Waals surface area contributed by atoms with Gasteiger partial charge in [0.25, 0.3) is 10.2 Å². The molecule has 0 heterocycles. The fraction of sp³-hybridized carbons (Fsp3) is 0.571. The lowest BCUT2D eigenvalue weighted by Gasteiger charge is -2.28. The molecular weight excluding hydrogens is 274 g/mol. The molecule has 1 fully saturated rings. The molecule has 2 rings (SSSR count). The van der Waals surface area contributed by atoms with Crippen LogP contribution in [0.2, 0.25) is 0 Å². The molecule has 0 aromatic heterocycles. The van der Waals surface area contributed by atoms with Crippen LogP contribution in [-0.2, 0) is 16.8 Å². The van der Waals surface area contributed by atoms with Crippen molar-refractivity contribution in [1.82, 2.24) is 8.61 Å². The molecule has 1 saturated carbocycles. The SMILES string of the molecule is CCN(CC)S(=O)(=O)N(Cc1ccc(N)cc1)C1CC1. The average molecular weight is 297 g/mol. The predicted molar refractivity (Wildman–Crippen MR) is 81.3 cm³/mol. The molecule has 0 amide bonds. The van der Waals surface area contributed by atoms with Crippen molar-refractivity contribution in [3.63, 3.8) is 0 Å². The van der Waals surface area contributed by atoms with Gasteiger partial charge in [0.15, 0.2) is 0 Å². The Balaban J connectivity index is 2.21. The highest BCUT2D eigenvalue weighted by Gasteiger charge is 2.39. The van der Waals surface area contributed by atoms with Crippen molar-refractivity contribution in [3.8, 4) is 0 Å². The van der Waals surface area contributed by atoms with Crippen LogP contribution in [0.1, 0.15) is 32.3 Å². The normalized spacial score (nSPS) is 16.0. The van der Waals surface area contributed by atoms with Gasteiger partial charge in [0.05, 0.1) is 0 Å². The van der Waals surface area contributed by atoms with Crippen molar-refractivity contribution in [2.75, 3.05) is 18.8 Å². The minimum atomic E-state index is -3.37. The van der Waals surface area contributed by atoms with E-state index in [9.17, 15) is 8.42 Å². The number of nitrogens with zero attached hydrogens (tertiary/aromatic N) is 2. The summed E-state index contributed by atoms with van der Waals surface area (Å²) in [6, 6.07) is 7.55. The van der Waals surface area contributed by atoms with Gasteiger partial charge >= 0.3 is 0 Å². The molecule has 0 bridgehead atoms. The Hall–Kier alpha value is -1.11.